The van der Waals surface area contributed by atoms with E-state index in [1.54, 1.807) is 24.3 Å². The van der Waals surface area contributed by atoms with E-state index in [4.69, 9.17) is 34.8 Å². The van der Waals surface area contributed by atoms with Crippen LogP contribution >= 0.6 is 34.8 Å². The zero-order valence-electron chi connectivity index (χ0n) is 13.3. The lowest BCUT2D eigenvalue weighted by Gasteiger charge is -2.15. The fraction of sp³-hybridized carbons (Fsp3) is 0.0556. The summed E-state index contributed by atoms with van der Waals surface area (Å²) in [6.07, 6.45) is 0. The molecule has 1 heterocycles. The largest absolute Gasteiger partial charge is 0.326 e. The number of rotatable bonds is 3. The molecular weight excluding hydrogens is 399 g/mol. The monoisotopic (exact) mass is 408 g/mol. The molecular formula is C18H11Cl3N2O3. The molecule has 1 N–H and O–H groups in total. The minimum atomic E-state index is -0.643. The number of imide groups is 1. The molecule has 1 aliphatic heterocycles. The Hall–Kier alpha value is -2.34. The Morgan fingerprint density at radius 1 is 0.923 bits per heavy atom. The molecule has 0 fully saturated rings. The second-order valence-corrected chi connectivity index (χ2v) is 6.68. The Kier molecular flexibility index (Phi) is 5.05. The van der Waals surface area contributed by atoms with E-state index in [-0.39, 0.29) is 27.2 Å². The lowest BCUT2D eigenvalue weighted by molar-refractivity contribution is -0.120. The van der Waals surface area contributed by atoms with Gasteiger partial charge >= 0.3 is 0 Å². The number of halogens is 3. The van der Waals surface area contributed by atoms with Crippen molar-refractivity contribution in [2.24, 2.45) is 0 Å². The van der Waals surface area contributed by atoms with Gasteiger partial charge in [0.1, 0.15) is 5.03 Å². The highest BCUT2D eigenvalue weighted by Crippen LogP contribution is 2.37. The van der Waals surface area contributed by atoms with E-state index in [0.717, 1.165) is 4.90 Å². The molecule has 26 heavy (non-hydrogen) atoms. The summed E-state index contributed by atoms with van der Waals surface area (Å²) in [7, 11) is 0. The van der Waals surface area contributed by atoms with Crippen LogP contribution in [0, 0.1) is 0 Å². The lowest BCUT2D eigenvalue weighted by Crippen LogP contribution is -2.31. The summed E-state index contributed by atoms with van der Waals surface area (Å²) in [5.74, 6) is -1.42. The van der Waals surface area contributed by atoms with Gasteiger partial charge in [0.05, 0.1) is 21.3 Å². The number of carbonyl (C=O) groups is 3. The standard InChI is InChI=1S/C18H11Cl3N2O3/c1-9(24)22-11-4-2-10(3-5-11)15-16(21)18(26)23(17(15)25)12-6-7-13(19)14(20)8-12/h2-8H,1H3,(H,22,24). The first-order valence-electron chi connectivity index (χ1n) is 7.41. The summed E-state index contributed by atoms with van der Waals surface area (Å²) in [6.45, 7) is 1.39. The Labute approximate surface area is 164 Å². The van der Waals surface area contributed by atoms with Crippen molar-refractivity contribution in [1.29, 1.82) is 0 Å². The molecule has 132 valence electrons. The molecule has 1 aliphatic rings. The molecule has 2 aromatic rings. The number of benzene rings is 2. The SMILES string of the molecule is CC(=O)Nc1ccc(C2=C(Cl)C(=O)N(c3ccc(Cl)c(Cl)c3)C2=O)cc1. The zero-order chi connectivity index (χ0) is 19.0. The fourth-order valence-corrected chi connectivity index (χ4v) is 3.10. The van der Waals surface area contributed by atoms with Gasteiger partial charge in [0.2, 0.25) is 5.91 Å². The molecule has 0 unspecified atom stereocenters. The average Bonchev–Trinajstić information content (AvgIpc) is 2.80. The first-order chi connectivity index (χ1) is 12.3. The number of amides is 3. The van der Waals surface area contributed by atoms with E-state index in [1.165, 1.54) is 25.1 Å². The summed E-state index contributed by atoms with van der Waals surface area (Å²) in [4.78, 5) is 37.3. The average molecular weight is 410 g/mol. The third-order valence-electron chi connectivity index (χ3n) is 3.68. The van der Waals surface area contributed by atoms with Crippen molar-refractivity contribution in [2.45, 2.75) is 6.92 Å². The predicted molar refractivity (Wildman–Crippen MR) is 102 cm³/mol. The Bertz CT molecular complexity index is 968. The van der Waals surface area contributed by atoms with Crippen LogP contribution in [0.1, 0.15) is 12.5 Å². The van der Waals surface area contributed by atoms with Crippen molar-refractivity contribution in [3.63, 3.8) is 0 Å². The fourth-order valence-electron chi connectivity index (χ4n) is 2.54. The number of nitrogens with one attached hydrogen (secondary N) is 1. The molecule has 8 heteroatoms. The number of hydrogen-bond acceptors (Lipinski definition) is 3. The number of hydrogen-bond donors (Lipinski definition) is 1. The highest BCUT2D eigenvalue weighted by atomic mass is 35.5. The van der Waals surface area contributed by atoms with Crippen LogP contribution in [-0.2, 0) is 14.4 Å². The lowest BCUT2D eigenvalue weighted by atomic mass is 10.1. The van der Waals surface area contributed by atoms with Gasteiger partial charge in [-0.05, 0) is 35.9 Å². The van der Waals surface area contributed by atoms with Crippen LogP contribution in [0.5, 0.6) is 0 Å². The summed E-state index contributed by atoms with van der Waals surface area (Å²) >= 11 is 18.0. The molecule has 0 atom stereocenters. The van der Waals surface area contributed by atoms with Gasteiger partial charge in [-0.25, -0.2) is 4.90 Å². The molecule has 0 aromatic heterocycles. The van der Waals surface area contributed by atoms with Gasteiger partial charge in [0, 0.05) is 12.6 Å². The molecule has 3 rings (SSSR count). The molecule has 0 saturated carbocycles. The van der Waals surface area contributed by atoms with Gasteiger partial charge in [-0.1, -0.05) is 46.9 Å². The molecule has 3 amide bonds. The van der Waals surface area contributed by atoms with Gasteiger partial charge in [0.15, 0.2) is 0 Å². The quantitative estimate of drug-likeness (QED) is 0.760. The molecule has 0 bridgehead atoms. The maximum absolute atomic E-state index is 12.8. The van der Waals surface area contributed by atoms with Crippen LogP contribution in [-0.4, -0.2) is 17.7 Å². The normalized spacial score (nSPS) is 14.2. The van der Waals surface area contributed by atoms with Crippen LogP contribution in [0.15, 0.2) is 47.5 Å². The molecule has 0 radical (unpaired) electrons. The maximum Gasteiger partial charge on any atom is 0.277 e. The second kappa shape index (κ2) is 7.11. The molecule has 0 saturated heterocycles. The van der Waals surface area contributed by atoms with Crippen molar-refractivity contribution in [1.82, 2.24) is 0 Å². The minimum Gasteiger partial charge on any atom is -0.326 e. The maximum atomic E-state index is 12.8. The number of carbonyl (C=O) groups excluding carboxylic acids is 3. The van der Waals surface area contributed by atoms with Crippen LogP contribution < -0.4 is 10.2 Å². The summed E-state index contributed by atoms with van der Waals surface area (Å²) in [6, 6.07) is 10.9. The first-order valence-corrected chi connectivity index (χ1v) is 8.54. The summed E-state index contributed by atoms with van der Waals surface area (Å²) < 4.78 is 0. The van der Waals surface area contributed by atoms with Crippen molar-refractivity contribution in [2.75, 3.05) is 10.2 Å². The molecule has 5 nitrogen and oxygen atoms in total. The Morgan fingerprint density at radius 3 is 2.15 bits per heavy atom. The van der Waals surface area contributed by atoms with Crippen LogP contribution in [0.3, 0.4) is 0 Å². The van der Waals surface area contributed by atoms with Gasteiger partial charge in [-0.2, -0.15) is 0 Å². The minimum absolute atomic E-state index is 0.0807. The predicted octanol–water partition coefficient (Wildman–Crippen LogP) is 4.48. The van der Waals surface area contributed by atoms with Crippen molar-refractivity contribution in [3.8, 4) is 0 Å². The van der Waals surface area contributed by atoms with E-state index < -0.39 is 11.8 Å². The number of nitrogens with zero attached hydrogens (tertiary/aromatic N) is 1. The van der Waals surface area contributed by atoms with Crippen LogP contribution in [0.25, 0.3) is 5.57 Å². The van der Waals surface area contributed by atoms with E-state index >= 15 is 0 Å². The van der Waals surface area contributed by atoms with Gasteiger partial charge in [-0.15, -0.1) is 0 Å². The van der Waals surface area contributed by atoms with Gasteiger partial charge in [0.25, 0.3) is 11.8 Å². The van der Waals surface area contributed by atoms with Gasteiger partial charge < -0.3 is 5.32 Å². The van der Waals surface area contributed by atoms with Crippen molar-refractivity contribution >= 4 is 69.5 Å². The first kappa shape index (κ1) is 18.5. The van der Waals surface area contributed by atoms with E-state index in [2.05, 4.69) is 5.32 Å². The topological polar surface area (TPSA) is 66.5 Å². The molecule has 0 spiro atoms. The van der Waals surface area contributed by atoms with E-state index in [0.29, 0.717) is 16.3 Å². The summed E-state index contributed by atoms with van der Waals surface area (Å²) in [5, 5.41) is 2.96. The van der Waals surface area contributed by atoms with E-state index in [9.17, 15) is 14.4 Å². The number of anilines is 2. The highest BCUT2D eigenvalue weighted by molar-refractivity contribution is 6.60. The van der Waals surface area contributed by atoms with Crippen molar-refractivity contribution < 1.29 is 14.4 Å². The zero-order valence-corrected chi connectivity index (χ0v) is 15.6. The van der Waals surface area contributed by atoms with Crippen LogP contribution in [0.4, 0.5) is 11.4 Å². The molecule has 0 aliphatic carbocycles. The summed E-state index contributed by atoms with van der Waals surface area (Å²) in [5.41, 5.74) is 1.38. The van der Waals surface area contributed by atoms with E-state index in [1.807, 2.05) is 0 Å². The Morgan fingerprint density at radius 2 is 1.58 bits per heavy atom. The van der Waals surface area contributed by atoms with Crippen LogP contribution in [0.2, 0.25) is 10.0 Å². The van der Waals surface area contributed by atoms with Crippen molar-refractivity contribution in [3.05, 3.63) is 63.1 Å². The smallest absolute Gasteiger partial charge is 0.277 e. The third-order valence-corrected chi connectivity index (χ3v) is 4.77. The third kappa shape index (κ3) is 3.33. The highest BCUT2D eigenvalue weighted by Gasteiger charge is 2.39. The second-order valence-electron chi connectivity index (χ2n) is 5.49. The van der Waals surface area contributed by atoms with Gasteiger partial charge in [-0.3, -0.25) is 14.4 Å². The Balaban J connectivity index is 1.96. The molecule has 2 aromatic carbocycles.